The lowest BCUT2D eigenvalue weighted by atomic mass is 10.1. The second-order valence-corrected chi connectivity index (χ2v) is 7.03. The number of benzene rings is 1. The number of aliphatic imine (C=N–C) groups is 1. The Labute approximate surface area is 172 Å². The fourth-order valence-corrected chi connectivity index (χ4v) is 3.43. The van der Waals surface area contributed by atoms with Gasteiger partial charge in [0.2, 0.25) is 5.13 Å². The standard InChI is InChI=1S/C18H12Cl2FN3O3S/c1-2-27-17(26)10(14(25)9-7-11(21)16(20)24-15(9)19)8-22-18-23-12-5-3-4-6-13(12)28-18/h3-8,25H,2H2,1H3/b14-10+,22-8+. The Bertz CT molecular complexity index is 1080. The van der Waals surface area contributed by atoms with E-state index in [9.17, 15) is 14.3 Å². The number of rotatable bonds is 5. The lowest BCUT2D eigenvalue weighted by Crippen LogP contribution is -2.11. The Morgan fingerprint density at radius 3 is 2.79 bits per heavy atom. The summed E-state index contributed by atoms with van der Waals surface area (Å²) >= 11 is 12.8. The van der Waals surface area contributed by atoms with Gasteiger partial charge in [-0.1, -0.05) is 46.7 Å². The van der Waals surface area contributed by atoms with Gasteiger partial charge in [0.15, 0.2) is 11.0 Å². The average molecular weight is 440 g/mol. The van der Waals surface area contributed by atoms with Gasteiger partial charge < -0.3 is 9.84 Å². The van der Waals surface area contributed by atoms with Crippen molar-refractivity contribution in [1.82, 2.24) is 9.97 Å². The molecule has 0 saturated carbocycles. The van der Waals surface area contributed by atoms with Crippen molar-refractivity contribution in [2.75, 3.05) is 6.61 Å². The van der Waals surface area contributed by atoms with Crippen molar-refractivity contribution in [2.24, 2.45) is 4.99 Å². The van der Waals surface area contributed by atoms with Crippen molar-refractivity contribution in [1.29, 1.82) is 0 Å². The molecule has 0 aliphatic heterocycles. The van der Waals surface area contributed by atoms with Crippen molar-refractivity contribution in [3.63, 3.8) is 0 Å². The number of pyridine rings is 1. The molecule has 3 rings (SSSR count). The molecule has 1 N–H and O–H groups in total. The number of carbonyl (C=O) groups is 1. The number of nitrogens with zero attached hydrogens (tertiary/aromatic N) is 3. The van der Waals surface area contributed by atoms with Crippen LogP contribution in [0.25, 0.3) is 16.0 Å². The molecule has 0 spiro atoms. The third-order valence-corrected chi connectivity index (χ3v) is 4.98. The molecule has 0 amide bonds. The molecule has 0 atom stereocenters. The van der Waals surface area contributed by atoms with Gasteiger partial charge in [-0.05, 0) is 25.1 Å². The number of thiazole rings is 1. The summed E-state index contributed by atoms with van der Waals surface area (Å²) in [6, 6.07) is 8.29. The number of aromatic nitrogens is 2. The van der Waals surface area contributed by atoms with E-state index in [2.05, 4.69) is 15.0 Å². The fraction of sp³-hybridized carbons (Fsp3) is 0.111. The number of aliphatic hydroxyl groups is 1. The summed E-state index contributed by atoms with van der Waals surface area (Å²) in [5.74, 6) is -2.41. The number of hydrogen-bond acceptors (Lipinski definition) is 7. The molecule has 2 aromatic heterocycles. The molecule has 0 aliphatic rings. The van der Waals surface area contributed by atoms with Crippen LogP contribution in [-0.4, -0.2) is 33.9 Å². The molecule has 6 nitrogen and oxygen atoms in total. The van der Waals surface area contributed by atoms with E-state index in [0.29, 0.717) is 5.13 Å². The monoisotopic (exact) mass is 439 g/mol. The molecule has 0 fully saturated rings. The highest BCUT2D eigenvalue weighted by Crippen LogP contribution is 2.29. The van der Waals surface area contributed by atoms with Crippen LogP contribution >= 0.6 is 34.5 Å². The predicted octanol–water partition coefficient (Wildman–Crippen LogP) is 5.37. The van der Waals surface area contributed by atoms with E-state index in [-0.39, 0.29) is 22.9 Å². The zero-order chi connectivity index (χ0) is 20.3. The van der Waals surface area contributed by atoms with Crippen LogP contribution in [0.3, 0.4) is 0 Å². The van der Waals surface area contributed by atoms with Gasteiger partial charge >= 0.3 is 5.97 Å². The third-order valence-electron chi connectivity index (χ3n) is 3.48. The lowest BCUT2D eigenvalue weighted by molar-refractivity contribution is -0.137. The number of aliphatic hydroxyl groups excluding tert-OH is 1. The summed E-state index contributed by atoms with van der Waals surface area (Å²) in [6.45, 7) is 1.67. The van der Waals surface area contributed by atoms with Crippen molar-refractivity contribution in [3.05, 3.63) is 57.6 Å². The molecule has 10 heteroatoms. The Hall–Kier alpha value is -2.55. The number of hydrogen-bond donors (Lipinski definition) is 1. The minimum atomic E-state index is -0.904. The lowest BCUT2D eigenvalue weighted by Gasteiger charge is -2.08. The van der Waals surface area contributed by atoms with Gasteiger partial charge in [-0.3, -0.25) is 0 Å². The number of carbonyl (C=O) groups excluding carboxylic acids is 1. The molecular formula is C18H12Cl2FN3O3S. The number of ether oxygens (including phenoxy) is 1. The number of esters is 1. The van der Waals surface area contributed by atoms with E-state index < -0.39 is 22.7 Å². The summed E-state index contributed by atoms with van der Waals surface area (Å²) in [6.07, 6.45) is 1.09. The first kappa shape index (κ1) is 20.2. The molecule has 0 aliphatic carbocycles. The number of fused-ring (bicyclic) bond motifs is 1. The van der Waals surface area contributed by atoms with Crippen LogP contribution in [0.15, 0.2) is 40.9 Å². The van der Waals surface area contributed by atoms with Crippen molar-refractivity contribution >= 4 is 67.8 Å². The predicted molar refractivity (Wildman–Crippen MR) is 108 cm³/mol. The van der Waals surface area contributed by atoms with Crippen molar-refractivity contribution in [2.45, 2.75) is 6.92 Å². The van der Waals surface area contributed by atoms with E-state index >= 15 is 0 Å². The Kier molecular flexibility index (Phi) is 6.23. The van der Waals surface area contributed by atoms with Crippen LogP contribution in [-0.2, 0) is 9.53 Å². The maximum atomic E-state index is 13.8. The van der Waals surface area contributed by atoms with Gasteiger partial charge in [-0.2, -0.15) is 0 Å². The fourth-order valence-electron chi connectivity index (χ4n) is 2.21. The van der Waals surface area contributed by atoms with E-state index in [1.165, 1.54) is 11.3 Å². The molecule has 0 radical (unpaired) electrons. The minimum Gasteiger partial charge on any atom is -0.506 e. The normalized spacial score (nSPS) is 12.4. The first-order valence-corrected chi connectivity index (χ1v) is 9.49. The molecular weight excluding hydrogens is 428 g/mol. The molecule has 0 bridgehead atoms. The maximum absolute atomic E-state index is 13.8. The van der Waals surface area contributed by atoms with Crippen LogP contribution < -0.4 is 0 Å². The van der Waals surface area contributed by atoms with Crippen LogP contribution in [0.1, 0.15) is 12.5 Å². The second-order valence-electron chi connectivity index (χ2n) is 5.30. The summed E-state index contributed by atoms with van der Waals surface area (Å²) in [5, 5.41) is 10.2. The van der Waals surface area contributed by atoms with E-state index in [1.54, 1.807) is 6.92 Å². The van der Waals surface area contributed by atoms with Gasteiger partial charge in [-0.15, -0.1) is 0 Å². The van der Waals surface area contributed by atoms with Gasteiger partial charge in [0.05, 0.1) is 22.4 Å². The highest BCUT2D eigenvalue weighted by atomic mass is 35.5. The molecule has 0 unspecified atom stereocenters. The summed E-state index contributed by atoms with van der Waals surface area (Å²) in [5.41, 5.74) is 0.200. The van der Waals surface area contributed by atoms with E-state index in [0.717, 1.165) is 22.5 Å². The van der Waals surface area contributed by atoms with E-state index in [4.69, 9.17) is 27.9 Å². The first-order valence-electron chi connectivity index (χ1n) is 7.92. The Balaban J connectivity index is 2.06. The highest BCUT2D eigenvalue weighted by Gasteiger charge is 2.21. The first-order chi connectivity index (χ1) is 13.4. The highest BCUT2D eigenvalue weighted by molar-refractivity contribution is 7.22. The quantitative estimate of drug-likeness (QED) is 0.190. The van der Waals surface area contributed by atoms with Crippen LogP contribution in [0, 0.1) is 5.82 Å². The van der Waals surface area contributed by atoms with Gasteiger partial charge in [0.25, 0.3) is 0 Å². The van der Waals surface area contributed by atoms with Crippen LogP contribution in [0.4, 0.5) is 9.52 Å². The zero-order valence-electron chi connectivity index (χ0n) is 14.3. The summed E-state index contributed by atoms with van der Waals surface area (Å²) < 4.78 is 19.6. The SMILES string of the molecule is CCOC(=O)C(/C=N/c1nc2ccccc2s1)=C(/O)c1cc(F)c(Cl)nc1Cl. The Morgan fingerprint density at radius 2 is 2.07 bits per heavy atom. The second kappa shape index (κ2) is 8.64. The summed E-state index contributed by atoms with van der Waals surface area (Å²) in [7, 11) is 0. The molecule has 144 valence electrons. The largest absolute Gasteiger partial charge is 0.506 e. The van der Waals surface area contributed by atoms with Crippen LogP contribution in [0.2, 0.25) is 10.3 Å². The smallest absolute Gasteiger partial charge is 0.343 e. The van der Waals surface area contributed by atoms with Gasteiger partial charge in [0, 0.05) is 6.21 Å². The van der Waals surface area contributed by atoms with Gasteiger partial charge in [0.1, 0.15) is 16.5 Å². The minimum absolute atomic E-state index is 0.0611. The molecule has 3 aromatic rings. The van der Waals surface area contributed by atoms with Gasteiger partial charge in [-0.25, -0.2) is 24.1 Å². The van der Waals surface area contributed by atoms with Crippen molar-refractivity contribution < 1.29 is 19.0 Å². The molecule has 2 heterocycles. The van der Waals surface area contributed by atoms with E-state index in [1.807, 2.05) is 24.3 Å². The molecule has 0 saturated heterocycles. The number of para-hydroxylation sites is 1. The topological polar surface area (TPSA) is 84.7 Å². The van der Waals surface area contributed by atoms with Crippen molar-refractivity contribution in [3.8, 4) is 0 Å². The molecule has 28 heavy (non-hydrogen) atoms. The maximum Gasteiger partial charge on any atom is 0.343 e. The zero-order valence-corrected chi connectivity index (χ0v) is 16.6. The number of halogens is 3. The third kappa shape index (κ3) is 4.30. The average Bonchev–Trinajstić information content (AvgIpc) is 3.07. The molecule has 1 aromatic carbocycles. The van der Waals surface area contributed by atoms with Crippen LogP contribution in [0.5, 0.6) is 0 Å². The Morgan fingerprint density at radius 1 is 1.32 bits per heavy atom. The summed E-state index contributed by atoms with van der Waals surface area (Å²) in [4.78, 5) is 24.3.